The number of hydrazine groups is 1. The maximum absolute atomic E-state index is 5.77. The zero-order valence-electron chi connectivity index (χ0n) is 10.6. The van der Waals surface area contributed by atoms with Crippen LogP contribution in [-0.2, 0) is 5.41 Å². The van der Waals surface area contributed by atoms with Crippen LogP contribution >= 0.6 is 0 Å². The van der Waals surface area contributed by atoms with Crippen LogP contribution in [0.15, 0.2) is 42.5 Å². The average molecular weight is 230 g/mol. The van der Waals surface area contributed by atoms with E-state index in [2.05, 4.69) is 49.3 Å². The number of hydrogen-bond donors (Lipinski definition) is 2. The molecule has 2 rings (SSSR count). The van der Waals surface area contributed by atoms with Crippen molar-refractivity contribution in [2.75, 3.05) is 0 Å². The standard InChI is InChI=1S/C15H22N2/c1-12(2)14(17-16)15(10-6-7-11-15)13-8-4-3-5-9-13/h3-5,8-9,14,17H,1,6-7,10-11,16H2,2H3. The van der Waals surface area contributed by atoms with Crippen molar-refractivity contribution in [1.82, 2.24) is 5.43 Å². The number of benzene rings is 1. The van der Waals surface area contributed by atoms with Gasteiger partial charge < -0.3 is 0 Å². The van der Waals surface area contributed by atoms with Crippen LogP contribution in [0, 0.1) is 0 Å². The van der Waals surface area contributed by atoms with Gasteiger partial charge in [-0.25, -0.2) is 0 Å². The van der Waals surface area contributed by atoms with Crippen molar-refractivity contribution in [2.24, 2.45) is 5.84 Å². The molecular formula is C15H22N2. The summed E-state index contributed by atoms with van der Waals surface area (Å²) in [5.41, 5.74) is 5.64. The summed E-state index contributed by atoms with van der Waals surface area (Å²) in [4.78, 5) is 0. The molecule has 1 unspecified atom stereocenters. The van der Waals surface area contributed by atoms with Gasteiger partial charge in [0.05, 0.1) is 6.04 Å². The lowest BCUT2D eigenvalue weighted by atomic mass is 9.71. The van der Waals surface area contributed by atoms with Gasteiger partial charge in [-0.3, -0.25) is 11.3 Å². The zero-order chi connectivity index (χ0) is 12.3. The van der Waals surface area contributed by atoms with Crippen LogP contribution in [-0.4, -0.2) is 6.04 Å². The first-order valence-electron chi connectivity index (χ1n) is 6.38. The Labute approximate surface area is 104 Å². The molecule has 2 nitrogen and oxygen atoms in total. The second-order valence-corrected chi connectivity index (χ2v) is 5.18. The lowest BCUT2D eigenvalue weighted by Gasteiger charge is -2.38. The summed E-state index contributed by atoms with van der Waals surface area (Å²) in [6.07, 6.45) is 4.94. The summed E-state index contributed by atoms with van der Waals surface area (Å²) in [5.74, 6) is 5.77. The van der Waals surface area contributed by atoms with Crippen molar-refractivity contribution >= 4 is 0 Å². The topological polar surface area (TPSA) is 38.0 Å². The Morgan fingerprint density at radius 3 is 2.35 bits per heavy atom. The number of hydrogen-bond acceptors (Lipinski definition) is 2. The highest BCUT2D eigenvalue weighted by molar-refractivity contribution is 5.33. The summed E-state index contributed by atoms with van der Waals surface area (Å²) in [5, 5.41) is 0. The molecule has 1 saturated carbocycles. The third kappa shape index (κ3) is 2.15. The number of rotatable bonds is 4. The van der Waals surface area contributed by atoms with Gasteiger partial charge in [0.15, 0.2) is 0 Å². The molecule has 92 valence electrons. The summed E-state index contributed by atoms with van der Waals surface area (Å²) in [6.45, 7) is 6.16. The quantitative estimate of drug-likeness (QED) is 0.474. The smallest absolute Gasteiger partial charge is 0.0511 e. The summed E-state index contributed by atoms with van der Waals surface area (Å²) in [7, 11) is 0. The first kappa shape index (κ1) is 12.3. The van der Waals surface area contributed by atoms with E-state index in [1.165, 1.54) is 31.2 Å². The highest BCUT2D eigenvalue weighted by Crippen LogP contribution is 2.45. The fourth-order valence-electron chi connectivity index (χ4n) is 3.29. The van der Waals surface area contributed by atoms with Gasteiger partial charge >= 0.3 is 0 Å². The van der Waals surface area contributed by atoms with Crippen molar-refractivity contribution in [3.05, 3.63) is 48.0 Å². The number of nitrogens with two attached hydrogens (primary N) is 1. The van der Waals surface area contributed by atoms with E-state index in [0.717, 1.165) is 5.57 Å². The van der Waals surface area contributed by atoms with Gasteiger partial charge in [-0.1, -0.05) is 55.3 Å². The van der Waals surface area contributed by atoms with Crippen LogP contribution in [0.3, 0.4) is 0 Å². The van der Waals surface area contributed by atoms with Gasteiger partial charge in [-0.05, 0) is 25.3 Å². The molecular weight excluding hydrogens is 208 g/mol. The molecule has 17 heavy (non-hydrogen) atoms. The number of nitrogens with one attached hydrogen (secondary N) is 1. The van der Waals surface area contributed by atoms with E-state index in [9.17, 15) is 0 Å². The molecule has 1 aliphatic rings. The molecule has 3 N–H and O–H groups in total. The predicted octanol–water partition coefficient (Wildman–Crippen LogP) is 2.91. The molecule has 0 spiro atoms. The van der Waals surface area contributed by atoms with Gasteiger partial charge in [0.25, 0.3) is 0 Å². The first-order chi connectivity index (χ1) is 8.20. The Balaban J connectivity index is 2.42. The molecule has 0 heterocycles. The Morgan fingerprint density at radius 1 is 1.29 bits per heavy atom. The molecule has 1 aliphatic carbocycles. The predicted molar refractivity (Wildman–Crippen MR) is 72.5 cm³/mol. The van der Waals surface area contributed by atoms with E-state index in [1.807, 2.05) is 0 Å². The summed E-state index contributed by atoms with van der Waals surface area (Å²) < 4.78 is 0. The monoisotopic (exact) mass is 230 g/mol. The molecule has 1 aromatic carbocycles. The molecule has 0 amide bonds. The second-order valence-electron chi connectivity index (χ2n) is 5.18. The van der Waals surface area contributed by atoms with E-state index < -0.39 is 0 Å². The van der Waals surface area contributed by atoms with Crippen LogP contribution in [0.2, 0.25) is 0 Å². The maximum Gasteiger partial charge on any atom is 0.0511 e. The molecule has 1 aromatic rings. The Bertz CT molecular complexity index is 377. The normalized spacial score (nSPS) is 20.1. The second kappa shape index (κ2) is 5.03. The van der Waals surface area contributed by atoms with Crippen molar-refractivity contribution < 1.29 is 0 Å². The summed E-state index contributed by atoms with van der Waals surface area (Å²) >= 11 is 0. The zero-order valence-corrected chi connectivity index (χ0v) is 10.6. The van der Waals surface area contributed by atoms with Crippen LogP contribution in [0.4, 0.5) is 0 Å². The largest absolute Gasteiger partial charge is 0.271 e. The van der Waals surface area contributed by atoms with E-state index in [1.54, 1.807) is 0 Å². The third-order valence-electron chi connectivity index (χ3n) is 4.06. The van der Waals surface area contributed by atoms with Crippen LogP contribution < -0.4 is 11.3 Å². The van der Waals surface area contributed by atoms with Crippen molar-refractivity contribution in [3.8, 4) is 0 Å². The van der Waals surface area contributed by atoms with Crippen molar-refractivity contribution in [1.29, 1.82) is 0 Å². The van der Waals surface area contributed by atoms with Gasteiger partial charge in [0.1, 0.15) is 0 Å². The molecule has 2 heteroatoms. The fraction of sp³-hybridized carbons (Fsp3) is 0.467. The third-order valence-corrected chi connectivity index (χ3v) is 4.06. The first-order valence-corrected chi connectivity index (χ1v) is 6.38. The summed E-state index contributed by atoms with van der Waals surface area (Å²) in [6, 6.07) is 10.9. The van der Waals surface area contributed by atoms with E-state index in [0.29, 0.717) is 0 Å². The Kier molecular flexibility index (Phi) is 3.65. The van der Waals surface area contributed by atoms with E-state index >= 15 is 0 Å². The molecule has 0 saturated heterocycles. The molecule has 0 bridgehead atoms. The lowest BCUT2D eigenvalue weighted by Crippen LogP contribution is -2.50. The van der Waals surface area contributed by atoms with Gasteiger partial charge in [0, 0.05) is 5.41 Å². The molecule has 0 aromatic heterocycles. The average Bonchev–Trinajstić information content (AvgIpc) is 2.81. The van der Waals surface area contributed by atoms with Crippen molar-refractivity contribution in [2.45, 2.75) is 44.1 Å². The van der Waals surface area contributed by atoms with Gasteiger partial charge in [0.2, 0.25) is 0 Å². The highest BCUT2D eigenvalue weighted by atomic mass is 15.2. The minimum absolute atomic E-state index is 0.141. The Morgan fingerprint density at radius 2 is 1.88 bits per heavy atom. The molecule has 1 fully saturated rings. The molecule has 0 aliphatic heterocycles. The Hall–Kier alpha value is -1.12. The highest BCUT2D eigenvalue weighted by Gasteiger charge is 2.42. The molecule has 0 radical (unpaired) electrons. The minimum Gasteiger partial charge on any atom is -0.271 e. The maximum atomic E-state index is 5.77. The lowest BCUT2D eigenvalue weighted by molar-refractivity contribution is 0.332. The van der Waals surface area contributed by atoms with Crippen LogP contribution in [0.5, 0.6) is 0 Å². The fourth-order valence-corrected chi connectivity index (χ4v) is 3.29. The van der Waals surface area contributed by atoms with E-state index in [-0.39, 0.29) is 11.5 Å². The van der Waals surface area contributed by atoms with Crippen LogP contribution in [0.25, 0.3) is 0 Å². The van der Waals surface area contributed by atoms with E-state index in [4.69, 9.17) is 5.84 Å². The van der Waals surface area contributed by atoms with Crippen molar-refractivity contribution in [3.63, 3.8) is 0 Å². The molecule has 1 atom stereocenters. The van der Waals surface area contributed by atoms with Gasteiger partial charge in [-0.15, -0.1) is 0 Å². The SMILES string of the molecule is C=C(C)C(NN)C1(c2ccccc2)CCCC1. The minimum atomic E-state index is 0.141. The van der Waals surface area contributed by atoms with Gasteiger partial charge in [-0.2, -0.15) is 0 Å². The van der Waals surface area contributed by atoms with Crippen LogP contribution in [0.1, 0.15) is 38.2 Å².